The van der Waals surface area contributed by atoms with E-state index in [1.54, 1.807) is 29.7 Å². The third-order valence-electron chi connectivity index (χ3n) is 3.92. The third kappa shape index (κ3) is 4.02. The van der Waals surface area contributed by atoms with Crippen molar-refractivity contribution in [3.63, 3.8) is 0 Å². The van der Waals surface area contributed by atoms with Crippen LogP contribution in [0.5, 0.6) is 5.75 Å². The number of aromatic amines is 1. The monoisotopic (exact) mass is 466 g/mol. The predicted molar refractivity (Wildman–Crippen MR) is 112 cm³/mol. The quantitative estimate of drug-likeness (QED) is 0.394. The fourth-order valence-electron chi connectivity index (χ4n) is 2.50. The van der Waals surface area contributed by atoms with Crippen LogP contribution in [0.25, 0.3) is 11.2 Å². The molecule has 3 N–H and O–H groups in total. The molecular weight excluding hydrogens is 452 g/mol. The zero-order chi connectivity index (χ0) is 20.4. The highest BCUT2D eigenvalue weighted by molar-refractivity contribution is 9.10. The predicted octanol–water partition coefficient (Wildman–Crippen LogP) is 2.48. The molecule has 0 aliphatic heterocycles. The summed E-state index contributed by atoms with van der Waals surface area (Å²) in [6.07, 6.45) is 3.11. The van der Waals surface area contributed by atoms with Gasteiger partial charge in [-0.05, 0) is 25.1 Å². The van der Waals surface area contributed by atoms with E-state index in [9.17, 15) is 14.7 Å². The van der Waals surface area contributed by atoms with Gasteiger partial charge < -0.3 is 5.11 Å². The lowest BCUT2D eigenvalue weighted by atomic mass is 10.2. The van der Waals surface area contributed by atoms with E-state index < -0.39 is 11.2 Å². The number of allylic oxidation sites excluding steroid dienone is 2. The minimum atomic E-state index is -0.569. The van der Waals surface area contributed by atoms with Gasteiger partial charge in [-0.3, -0.25) is 18.9 Å². The molecule has 0 saturated heterocycles. The van der Waals surface area contributed by atoms with Crippen LogP contribution in [-0.2, 0) is 13.6 Å². The van der Waals surface area contributed by atoms with Gasteiger partial charge in [0, 0.05) is 28.7 Å². The van der Waals surface area contributed by atoms with Crippen molar-refractivity contribution in [1.29, 1.82) is 0 Å². The summed E-state index contributed by atoms with van der Waals surface area (Å²) < 4.78 is 3.57. The second kappa shape index (κ2) is 8.03. The molecule has 0 saturated carbocycles. The first-order valence-corrected chi connectivity index (χ1v) is 9.24. The number of phenolic OH excluding ortho intramolecular Hbond substituents is 1. The minimum absolute atomic E-state index is 0.0572. The van der Waals surface area contributed by atoms with Gasteiger partial charge in [0.15, 0.2) is 11.2 Å². The molecule has 0 aliphatic carbocycles. The Kier molecular flexibility index (Phi) is 5.71. The molecule has 146 valence electrons. The summed E-state index contributed by atoms with van der Waals surface area (Å²) in [5, 5.41) is 14.5. The zero-order valence-corrected chi connectivity index (χ0v) is 17.2. The van der Waals surface area contributed by atoms with Crippen LogP contribution >= 0.6 is 27.5 Å². The largest absolute Gasteiger partial charge is 0.507 e. The first-order chi connectivity index (χ1) is 13.3. The number of aromatic hydroxyl groups is 1. The zero-order valence-electron chi connectivity index (χ0n) is 14.9. The van der Waals surface area contributed by atoms with E-state index in [1.165, 1.54) is 23.9 Å². The number of nitrogens with one attached hydrogen (secondary N) is 2. The van der Waals surface area contributed by atoms with E-state index in [-0.39, 0.29) is 29.4 Å². The van der Waals surface area contributed by atoms with Gasteiger partial charge in [0.2, 0.25) is 5.95 Å². The number of anilines is 1. The first-order valence-electron chi connectivity index (χ1n) is 8.07. The van der Waals surface area contributed by atoms with E-state index in [0.717, 1.165) is 4.47 Å². The topological polar surface area (TPSA) is 117 Å². The fraction of sp³-hybridized carbons (Fsp3) is 0.176. The SMILES string of the molecule is CC(Cl)=CCn1c(N/N=C/c2cc(Br)ccc2O)nc2c1c(=O)[nH]c(=O)n2C. The highest BCUT2D eigenvalue weighted by atomic mass is 79.9. The van der Waals surface area contributed by atoms with Crippen molar-refractivity contribution in [2.75, 3.05) is 5.43 Å². The van der Waals surface area contributed by atoms with Gasteiger partial charge in [0.1, 0.15) is 5.75 Å². The number of hydrogen-bond donors (Lipinski definition) is 3. The molecule has 1 aromatic carbocycles. The Morgan fingerprint density at radius 1 is 1.46 bits per heavy atom. The van der Waals surface area contributed by atoms with E-state index in [0.29, 0.717) is 10.6 Å². The molecule has 0 bridgehead atoms. The van der Waals surface area contributed by atoms with Gasteiger partial charge in [0.25, 0.3) is 5.56 Å². The molecule has 0 aliphatic rings. The molecule has 3 aromatic rings. The summed E-state index contributed by atoms with van der Waals surface area (Å²) in [4.78, 5) is 30.7. The van der Waals surface area contributed by atoms with Crippen molar-refractivity contribution >= 4 is 50.9 Å². The van der Waals surface area contributed by atoms with Crippen LogP contribution in [0.2, 0.25) is 0 Å². The normalized spacial score (nSPS) is 12.2. The number of halogens is 2. The fourth-order valence-corrected chi connectivity index (χ4v) is 2.95. The molecule has 11 heteroatoms. The number of aryl methyl sites for hydroxylation is 1. The molecule has 3 rings (SSSR count). The second-order valence-corrected chi connectivity index (χ2v) is 7.41. The summed E-state index contributed by atoms with van der Waals surface area (Å²) in [6.45, 7) is 1.95. The molecule has 2 aromatic heterocycles. The van der Waals surface area contributed by atoms with E-state index >= 15 is 0 Å². The van der Waals surface area contributed by atoms with Crippen molar-refractivity contribution in [2.24, 2.45) is 12.1 Å². The number of nitrogens with zero attached hydrogens (tertiary/aromatic N) is 4. The Hall–Kier alpha value is -2.85. The van der Waals surface area contributed by atoms with Crippen LogP contribution < -0.4 is 16.7 Å². The van der Waals surface area contributed by atoms with Crippen molar-refractivity contribution < 1.29 is 5.11 Å². The highest BCUT2D eigenvalue weighted by Crippen LogP contribution is 2.20. The summed E-state index contributed by atoms with van der Waals surface area (Å²) >= 11 is 9.24. The maximum atomic E-state index is 12.3. The van der Waals surface area contributed by atoms with Crippen molar-refractivity contribution in [3.8, 4) is 5.75 Å². The number of phenols is 1. The lowest BCUT2D eigenvalue weighted by Gasteiger charge is -2.05. The van der Waals surface area contributed by atoms with Crippen molar-refractivity contribution in [3.05, 3.63) is 60.2 Å². The van der Waals surface area contributed by atoms with Gasteiger partial charge in [0.05, 0.1) is 6.21 Å². The molecule has 28 heavy (non-hydrogen) atoms. The molecule has 9 nitrogen and oxygen atoms in total. The minimum Gasteiger partial charge on any atom is -0.507 e. The number of hydrazone groups is 1. The number of rotatable bonds is 5. The van der Waals surface area contributed by atoms with Crippen LogP contribution in [0.4, 0.5) is 5.95 Å². The Morgan fingerprint density at radius 2 is 2.21 bits per heavy atom. The molecule has 0 amide bonds. The van der Waals surface area contributed by atoms with E-state index in [4.69, 9.17) is 11.6 Å². The van der Waals surface area contributed by atoms with Crippen LogP contribution in [0.15, 0.2) is 48.5 Å². The average Bonchev–Trinajstić information content (AvgIpc) is 3.00. The number of fused-ring (bicyclic) bond motifs is 1. The smallest absolute Gasteiger partial charge is 0.329 e. The average molecular weight is 468 g/mol. The maximum Gasteiger partial charge on any atom is 0.329 e. The Labute approximate surface area is 172 Å². The van der Waals surface area contributed by atoms with Crippen LogP contribution in [0.3, 0.4) is 0 Å². The Bertz CT molecular complexity index is 1220. The molecule has 0 unspecified atom stereocenters. The lowest BCUT2D eigenvalue weighted by Crippen LogP contribution is -2.29. The summed E-state index contributed by atoms with van der Waals surface area (Å²) in [5.41, 5.74) is 2.51. The van der Waals surface area contributed by atoms with E-state index in [2.05, 4.69) is 36.4 Å². The third-order valence-corrected chi connectivity index (χ3v) is 4.57. The lowest BCUT2D eigenvalue weighted by molar-refractivity contribution is 0.474. The first kappa shape index (κ1) is 19.9. The number of benzene rings is 1. The summed E-state index contributed by atoms with van der Waals surface area (Å²) in [6, 6.07) is 4.93. The second-order valence-electron chi connectivity index (χ2n) is 5.90. The molecular formula is C17H16BrClN6O3. The Balaban J connectivity index is 2.06. The van der Waals surface area contributed by atoms with E-state index in [1.807, 2.05) is 0 Å². The maximum absolute atomic E-state index is 12.3. The van der Waals surface area contributed by atoms with Crippen LogP contribution in [0.1, 0.15) is 12.5 Å². The van der Waals surface area contributed by atoms with Crippen LogP contribution in [-0.4, -0.2) is 30.4 Å². The number of aromatic nitrogens is 4. The molecule has 0 atom stereocenters. The molecule has 0 fully saturated rings. The van der Waals surface area contributed by atoms with Gasteiger partial charge >= 0.3 is 5.69 Å². The number of hydrogen-bond acceptors (Lipinski definition) is 6. The Morgan fingerprint density at radius 3 is 2.93 bits per heavy atom. The van der Waals surface area contributed by atoms with Gasteiger partial charge in [-0.2, -0.15) is 10.1 Å². The van der Waals surface area contributed by atoms with Crippen LogP contribution in [0, 0.1) is 0 Å². The summed E-state index contributed by atoms with van der Waals surface area (Å²) in [7, 11) is 1.51. The van der Waals surface area contributed by atoms with Crippen molar-refractivity contribution in [2.45, 2.75) is 13.5 Å². The molecule has 0 spiro atoms. The number of imidazole rings is 1. The standard InChI is InChI=1S/C17H16BrClN6O3/c1-9(19)5-6-25-13-14(24(2)17(28)22-15(13)27)21-16(25)23-20-8-10-7-11(18)3-4-12(10)26/h3-5,7-8,26H,6H2,1-2H3,(H,21,23)(H,22,27,28)/b9-5?,20-8+. The number of H-pyrrole nitrogens is 1. The van der Waals surface area contributed by atoms with Gasteiger partial charge in [-0.15, -0.1) is 0 Å². The molecule has 2 heterocycles. The molecule has 0 radical (unpaired) electrons. The van der Waals surface area contributed by atoms with Crippen molar-refractivity contribution in [1.82, 2.24) is 19.1 Å². The summed E-state index contributed by atoms with van der Waals surface area (Å²) in [5.74, 6) is 0.295. The van der Waals surface area contributed by atoms with Gasteiger partial charge in [-0.25, -0.2) is 10.2 Å². The highest BCUT2D eigenvalue weighted by Gasteiger charge is 2.16. The van der Waals surface area contributed by atoms with Gasteiger partial charge in [-0.1, -0.05) is 33.6 Å².